The second-order valence-electron chi connectivity index (χ2n) is 3.60. The van der Waals surface area contributed by atoms with Gasteiger partial charge in [0.25, 0.3) is 0 Å². The van der Waals surface area contributed by atoms with Crippen molar-refractivity contribution in [3.8, 4) is 0 Å². The molecule has 0 bridgehead atoms. The Kier molecular flexibility index (Phi) is 23.1. The van der Waals surface area contributed by atoms with Gasteiger partial charge in [0, 0.05) is 0 Å². The molecule has 30 heteroatoms. The van der Waals surface area contributed by atoms with Crippen LogP contribution in [0.15, 0.2) is 0 Å². The van der Waals surface area contributed by atoms with Crippen LogP contribution in [0, 0.1) is 93.8 Å². The molecule has 0 N–H and O–H groups in total. The van der Waals surface area contributed by atoms with Gasteiger partial charge in [0.1, 0.15) is 0 Å². The third-order valence-electron chi connectivity index (χ3n) is 1.13. The summed E-state index contributed by atoms with van der Waals surface area (Å²) >= 11 is 0. The van der Waals surface area contributed by atoms with Crippen molar-refractivity contribution in [1.29, 1.82) is 0 Å². The molecule has 0 radical (unpaired) electrons. The molecule has 0 amide bonds. The smallest absolute Gasteiger partial charge is 0.741 e. The monoisotopic (exact) mass is 944 g/mol. The summed E-state index contributed by atoms with van der Waals surface area (Å²) < 4.78 is 236. The fourth-order valence-corrected chi connectivity index (χ4v) is 0. The minimum Gasteiger partial charge on any atom is -0.741 e. The normalized spacial score (nSPS) is 13.2. The molecule has 12 nitrogen and oxygen atoms in total. The second-order valence-corrected chi connectivity index (χ2v) is 9.08. The Hall–Kier alpha value is 1.84. The van der Waals surface area contributed by atoms with Gasteiger partial charge in [-0.2, -0.15) is 52.7 Å². The summed E-state index contributed by atoms with van der Waals surface area (Å²) in [6.07, 6.45) is 0. The Labute approximate surface area is 257 Å². The molecule has 0 aromatic carbocycles. The Bertz CT molecular complexity index is 833. The summed E-state index contributed by atoms with van der Waals surface area (Å²) in [5.41, 5.74) is -22.6. The zero-order valence-corrected chi connectivity index (χ0v) is 20.3. The molecule has 0 aromatic rings. The van der Waals surface area contributed by atoms with Crippen molar-refractivity contribution in [3.63, 3.8) is 0 Å². The number of hydrogen-bond donors (Lipinski definition) is 0. The largest absolute Gasteiger partial charge is 2.00 e. The van der Waals surface area contributed by atoms with Crippen molar-refractivity contribution >= 4 is 40.5 Å². The van der Waals surface area contributed by atoms with Crippen LogP contribution in [0.1, 0.15) is 0 Å². The SMILES string of the molecule is O=S(=O)([O-])C(F)(F)F.O=S(=O)([O-])C(F)(F)F.O=S(=O)([O-])C(F)(F)F.O=S(=O)([O-])C(F)(F)F.[Yb+2].[Yb+2]. The number of alkyl halides is 12. The average Bonchev–Trinajstić information content (AvgIpc) is 2.30. The molecule has 0 aliphatic carbocycles. The van der Waals surface area contributed by atoms with E-state index in [2.05, 4.69) is 0 Å². The molecular weight excluding hydrogens is 942 g/mol. The van der Waals surface area contributed by atoms with Gasteiger partial charge in [0.05, 0.1) is 0 Å². The molecule has 224 valence electrons. The van der Waals surface area contributed by atoms with Gasteiger partial charge in [-0.15, -0.1) is 0 Å². The van der Waals surface area contributed by atoms with E-state index in [1.807, 2.05) is 0 Å². The van der Waals surface area contributed by atoms with E-state index < -0.39 is 62.5 Å². The Morgan fingerprint density at radius 2 is 0.353 bits per heavy atom. The van der Waals surface area contributed by atoms with Crippen LogP contribution in [0.4, 0.5) is 52.7 Å². The zero-order valence-electron chi connectivity index (χ0n) is 13.6. The van der Waals surface area contributed by atoms with Crippen molar-refractivity contribution in [2.45, 2.75) is 22.0 Å². The van der Waals surface area contributed by atoms with E-state index in [0.29, 0.717) is 0 Å². The molecule has 0 aliphatic rings. The first-order valence-electron chi connectivity index (χ1n) is 5.08. The predicted molar refractivity (Wildman–Crippen MR) is 63.0 cm³/mol. The molecule has 0 rings (SSSR count). The molecule has 0 heterocycles. The maximum absolute atomic E-state index is 10.7. The minimum atomic E-state index is -6.09. The van der Waals surface area contributed by atoms with Crippen LogP contribution in [-0.2, 0) is 40.5 Å². The van der Waals surface area contributed by atoms with E-state index in [-0.39, 0.29) is 93.8 Å². The molecule has 0 saturated carbocycles. The van der Waals surface area contributed by atoms with E-state index in [1.54, 1.807) is 0 Å². The quantitative estimate of drug-likeness (QED) is 0.180. The fourth-order valence-electron chi connectivity index (χ4n) is 0. The van der Waals surface area contributed by atoms with Crippen LogP contribution in [0.25, 0.3) is 0 Å². The van der Waals surface area contributed by atoms with Crippen molar-refractivity contribution in [2.75, 3.05) is 0 Å². The van der Waals surface area contributed by atoms with Crippen molar-refractivity contribution in [3.05, 3.63) is 0 Å². The molecule has 0 spiro atoms. The standard InChI is InChI=1S/4CHF3O3S.2Yb/c4*2-1(3,4)8(5,6)7;;/h4*(H,5,6,7);;/q;;;;2*+2/p-4. The summed E-state index contributed by atoms with van der Waals surface area (Å²) in [5, 5.41) is 0. The first kappa shape index (κ1) is 48.9. The molecule has 0 atom stereocenters. The van der Waals surface area contributed by atoms with Crippen LogP contribution in [0.2, 0.25) is 0 Å². The van der Waals surface area contributed by atoms with Crippen LogP contribution < -0.4 is 0 Å². The van der Waals surface area contributed by atoms with Gasteiger partial charge in [-0.05, 0) is 0 Å². The topological polar surface area (TPSA) is 229 Å². The van der Waals surface area contributed by atoms with Gasteiger partial charge in [0.2, 0.25) is 0 Å². The third-order valence-corrected chi connectivity index (χ3v) is 3.40. The van der Waals surface area contributed by atoms with Crippen LogP contribution in [-0.4, -0.2) is 73.9 Å². The Morgan fingerprint density at radius 3 is 0.353 bits per heavy atom. The van der Waals surface area contributed by atoms with Crippen LogP contribution >= 0.6 is 0 Å². The molecule has 0 saturated heterocycles. The van der Waals surface area contributed by atoms with Gasteiger partial charge in [-0.3, -0.25) is 0 Å². The average molecular weight is 942 g/mol. The maximum Gasteiger partial charge on any atom is 2.00 e. The summed E-state index contributed by atoms with van der Waals surface area (Å²) in [5.74, 6) is 0. The molecule has 34 heavy (non-hydrogen) atoms. The van der Waals surface area contributed by atoms with E-state index in [1.165, 1.54) is 0 Å². The van der Waals surface area contributed by atoms with Crippen LogP contribution in [0.5, 0.6) is 0 Å². The van der Waals surface area contributed by atoms with E-state index >= 15 is 0 Å². The maximum atomic E-state index is 10.7. The number of halogens is 12. The minimum absolute atomic E-state index is 0. The van der Waals surface area contributed by atoms with Gasteiger partial charge in [-0.25, -0.2) is 33.7 Å². The summed E-state index contributed by atoms with van der Waals surface area (Å²) in [6.45, 7) is 0. The predicted octanol–water partition coefficient (Wildman–Crippen LogP) is 0.206. The molecule has 0 aliphatic heterocycles. The van der Waals surface area contributed by atoms with E-state index in [4.69, 9.17) is 51.9 Å². The van der Waals surface area contributed by atoms with Gasteiger partial charge < -0.3 is 18.2 Å². The molecule has 0 aromatic heterocycles. The summed E-state index contributed by atoms with van der Waals surface area (Å²) in [6, 6.07) is 0. The van der Waals surface area contributed by atoms with Gasteiger partial charge >= 0.3 is 116 Å². The van der Waals surface area contributed by atoms with Gasteiger partial charge in [-0.1, -0.05) is 0 Å². The Balaban J connectivity index is -0.0000000754. The number of rotatable bonds is 0. The Morgan fingerprint density at radius 1 is 0.324 bits per heavy atom. The third kappa shape index (κ3) is 25.5. The first-order chi connectivity index (χ1) is 13.0. The van der Waals surface area contributed by atoms with Crippen molar-refractivity contribution < 1.29 is 198 Å². The summed E-state index contributed by atoms with van der Waals surface area (Å²) in [4.78, 5) is 0. The first-order valence-corrected chi connectivity index (χ1v) is 10.7. The summed E-state index contributed by atoms with van der Waals surface area (Å²) in [7, 11) is -24.4. The van der Waals surface area contributed by atoms with Crippen LogP contribution in [0.3, 0.4) is 0 Å². The number of hydrogen-bond acceptors (Lipinski definition) is 12. The zero-order chi connectivity index (χ0) is 28.0. The second kappa shape index (κ2) is 16.1. The van der Waals surface area contributed by atoms with Crippen molar-refractivity contribution in [2.24, 2.45) is 0 Å². The van der Waals surface area contributed by atoms with Crippen molar-refractivity contribution in [1.82, 2.24) is 0 Å². The van der Waals surface area contributed by atoms with E-state index in [9.17, 15) is 52.7 Å². The molecular formula is C4F12O12S4Yb2. The molecule has 0 fully saturated rings. The fraction of sp³-hybridized carbons (Fsp3) is 1.00. The van der Waals surface area contributed by atoms with E-state index in [0.717, 1.165) is 0 Å². The van der Waals surface area contributed by atoms with Gasteiger partial charge in [0.15, 0.2) is 40.5 Å². The molecule has 0 unspecified atom stereocenters.